The highest BCUT2D eigenvalue weighted by molar-refractivity contribution is 14.1. The number of hydrogen-bond acceptors (Lipinski definition) is 3. The second-order valence-corrected chi connectivity index (χ2v) is 12.2. The van der Waals surface area contributed by atoms with Gasteiger partial charge in [0.05, 0.1) is 5.56 Å². The molecule has 4 aromatic rings. The summed E-state index contributed by atoms with van der Waals surface area (Å²) >= 11 is 2.21. The SMILES string of the molecule is Cc1c(/C=C/c2cc(OCc3ccc(I)cc3)c(CN3CCCC[C@H]3C(=O)O)cc2C(F)(F)F)cccc1-c1ccccc1. The highest BCUT2D eigenvalue weighted by atomic mass is 127. The third-order valence-electron chi connectivity index (χ3n) is 8.02. The molecule has 44 heavy (non-hydrogen) atoms. The molecule has 0 aromatic heterocycles. The Balaban J connectivity index is 1.55. The maximum atomic E-state index is 14.5. The van der Waals surface area contributed by atoms with Crippen molar-refractivity contribution in [3.05, 3.63) is 122 Å². The fourth-order valence-electron chi connectivity index (χ4n) is 5.65. The third kappa shape index (κ3) is 7.71. The lowest BCUT2D eigenvalue weighted by molar-refractivity contribution is -0.145. The molecule has 0 spiro atoms. The Labute approximate surface area is 269 Å². The van der Waals surface area contributed by atoms with Gasteiger partial charge in [-0.15, -0.1) is 0 Å². The van der Waals surface area contributed by atoms with Gasteiger partial charge in [-0.2, -0.15) is 13.2 Å². The average molecular weight is 712 g/mol. The molecule has 1 fully saturated rings. The van der Waals surface area contributed by atoms with Crippen LogP contribution in [0.25, 0.3) is 23.3 Å². The van der Waals surface area contributed by atoms with Gasteiger partial charge in [-0.3, -0.25) is 9.69 Å². The minimum absolute atomic E-state index is 0.0168. The van der Waals surface area contributed by atoms with E-state index >= 15 is 0 Å². The summed E-state index contributed by atoms with van der Waals surface area (Å²) < 4.78 is 50.9. The Kier molecular flexibility index (Phi) is 10.1. The molecule has 228 valence electrons. The van der Waals surface area contributed by atoms with Crippen LogP contribution in [-0.2, 0) is 24.1 Å². The number of piperidine rings is 1. The third-order valence-corrected chi connectivity index (χ3v) is 8.74. The molecule has 5 rings (SSSR count). The minimum Gasteiger partial charge on any atom is -0.489 e. The Morgan fingerprint density at radius 1 is 0.977 bits per heavy atom. The van der Waals surface area contributed by atoms with Gasteiger partial charge in [-0.05, 0) is 107 Å². The van der Waals surface area contributed by atoms with E-state index in [0.717, 1.165) is 50.3 Å². The first kappa shape index (κ1) is 31.8. The standard InChI is InChI=1S/C36H33F3INO3/c1-24-26(10-7-11-31(24)27-8-3-2-4-9-27)15-16-28-21-34(44-23-25-13-17-30(40)18-14-25)29(20-32(28)36(37,38)39)22-41-19-6-5-12-33(41)35(42)43/h2-4,7-11,13-18,20-21,33H,5-6,12,19,22-23H2,1H3,(H,42,43)/b16-15+/t33-/m0/s1. The lowest BCUT2D eigenvalue weighted by atomic mass is 9.95. The van der Waals surface area contributed by atoms with Crippen molar-refractivity contribution in [3.63, 3.8) is 0 Å². The van der Waals surface area contributed by atoms with Gasteiger partial charge in [0.15, 0.2) is 0 Å². The number of nitrogens with zero attached hydrogens (tertiary/aromatic N) is 1. The van der Waals surface area contributed by atoms with Crippen molar-refractivity contribution in [1.29, 1.82) is 0 Å². The number of likely N-dealkylation sites (tertiary alicyclic amines) is 1. The quantitative estimate of drug-likeness (QED) is 0.139. The van der Waals surface area contributed by atoms with Crippen molar-refractivity contribution < 1.29 is 27.8 Å². The molecule has 1 heterocycles. The number of ether oxygens (including phenoxy) is 1. The Hall–Kier alpha value is -3.63. The van der Waals surface area contributed by atoms with Crippen molar-refractivity contribution in [2.45, 2.75) is 51.6 Å². The molecule has 0 amide bonds. The van der Waals surface area contributed by atoms with E-state index in [1.807, 2.05) is 79.7 Å². The number of benzene rings is 4. The van der Waals surface area contributed by atoms with Crippen LogP contribution in [0, 0.1) is 10.5 Å². The predicted octanol–water partition coefficient (Wildman–Crippen LogP) is 9.47. The van der Waals surface area contributed by atoms with Crippen LogP contribution in [0.4, 0.5) is 13.2 Å². The lowest BCUT2D eigenvalue weighted by Gasteiger charge is -2.33. The highest BCUT2D eigenvalue weighted by Crippen LogP contribution is 2.38. The van der Waals surface area contributed by atoms with Crippen LogP contribution in [0.2, 0.25) is 0 Å². The molecule has 0 saturated carbocycles. The Morgan fingerprint density at radius 3 is 2.41 bits per heavy atom. The molecule has 1 saturated heterocycles. The fourth-order valence-corrected chi connectivity index (χ4v) is 6.01. The van der Waals surface area contributed by atoms with Crippen LogP contribution in [0.15, 0.2) is 84.9 Å². The monoisotopic (exact) mass is 711 g/mol. The van der Waals surface area contributed by atoms with Crippen molar-refractivity contribution in [2.75, 3.05) is 6.54 Å². The number of rotatable bonds is 9. The highest BCUT2D eigenvalue weighted by Gasteiger charge is 2.35. The van der Waals surface area contributed by atoms with Crippen molar-refractivity contribution >= 4 is 40.7 Å². The fraction of sp³-hybridized carbons (Fsp3) is 0.250. The molecule has 1 N–H and O–H groups in total. The van der Waals surface area contributed by atoms with Crippen molar-refractivity contribution in [2.24, 2.45) is 0 Å². The van der Waals surface area contributed by atoms with Crippen LogP contribution in [0.1, 0.15) is 52.6 Å². The van der Waals surface area contributed by atoms with Gasteiger partial charge >= 0.3 is 12.1 Å². The number of alkyl halides is 3. The van der Waals surface area contributed by atoms with Gasteiger partial charge in [0.2, 0.25) is 0 Å². The molecule has 8 heteroatoms. The van der Waals surface area contributed by atoms with Crippen LogP contribution < -0.4 is 4.74 Å². The molecule has 0 aliphatic carbocycles. The zero-order valence-corrected chi connectivity index (χ0v) is 26.4. The van der Waals surface area contributed by atoms with Crippen LogP contribution in [-0.4, -0.2) is 28.6 Å². The van der Waals surface area contributed by atoms with Gasteiger partial charge in [0, 0.05) is 15.7 Å². The van der Waals surface area contributed by atoms with Gasteiger partial charge < -0.3 is 9.84 Å². The summed E-state index contributed by atoms with van der Waals surface area (Å²) in [5.41, 5.74) is 4.20. The van der Waals surface area contributed by atoms with Crippen LogP contribution >= 0.6 is 22.6 Å². The first-order valence-electron chi connectivity index (χ1n) is 14.5. The van der Waals surface area contributed by atoms with E-state index in [-0.39, 0.29) is 18.7 Å². The lowest BCUT2D eigenvalue weighted by Crippen LogP contribution is -2.44. The van der Waals surface area contributed by atoms with Gasteiger partial charge in [-0.25, -0.2) is 0 Å². The largest absolute Gasteiger partial charge is 0.489 e. The van der Waals surface area contributed by atoms with E-state index in [4.69, 9.17) is 4.74 Å². The van der Waals surface area contributed by atoms with E-state index in [1.165, 1.54) is 12.1 Å². The molecule has 1 atom stereocenters. The van der Waals surface area contributed by atoms with Crippen LogP contribution in [0.5, 0.6) is 5.75 Å². The zero-order chi connectivity index (χ0) is 31.3. The summed E-state index contributed by atoms with van der Waals surface area (Å²) in [4.78, 5) is 13.7. The molecule has 4 aromatic carbocycles. The number of hydrogen-bond donors (Lipinski definition) is 1. The number of carboxylic acids is 1. The molecule has 1 aliphatic heterocycles. The first-order chi connectivity index (χ1) is 21.1. The number of carbonyl (C=O) groups is 1. The maximum Gasteiger partial charge on any atom is 0.417 e. The topological polar surface area (TPSA) is 49.8 Å². The van der Waals surface area contributed by atoms with E-state index in [2.05, 4.69) is 22.6 Å². The molecule has 0 radical (unpaired) electrons. The normalized spacial score (nSPS) is 15.9. The summed E-state index contributed by atoms with van der Waals surface area (Å²) in [5.74, 6) is -0.657. The molecule has 4 nitrogen and oxygen atoms in total. The van der Waals surface area contributed by atoms with E-state index < -0.39 is 23.8 Å². The number of carboxylic acid groups (broad SMARTS) is 1. The number of aliphatic carboxylic acids is 1. The second kappa shape index (κ2) is 14.0. The molecular formula is C36H33F3INO3. The van der Waals surface area contributed by atoms with Crippen LogP contribution in [0.3, 0.4) is 0 Å². The summed E-state index contributed by atoms with van der Waals surface area (Å²) in [5, 5.41) is 9.79. The minimum atomic E-state index is -4.63. The number of halogens is 4. The second-order valence-electron chi connectivity index (χ2n) is 11.0. The summed E-state index contributed by atoms with van der Waals surface area (Å²) in [6, 6.07) is 25.2. The predicted molar refractivity (Wildman–Crippen MR) is 176 cm³/mol. The maximum absolute atomic E-state index is 14.5. The smallest absolute Gasteiger partial charge is 0.417 e. The first-order valence-corrected chi connectivity index (χ1v) is 15.6. The van der Waals surface area contributed by atoms with E-state index in [1.54, 1.807) is 11.0 Å². The Morgan fingerprint density at radius 2 is 1.70 bits per heavy atom. The Bertz CT molecular complexity index is 1640. The zero-order valence-electron chi connectivity index (χ0n) is 24.3. The van der Waals surface area contributed by atoms with Gasteiger partial charge in [0.25, 0.3) is 0 Å². The average Bonchev–Trinajstić information content (AvgIpc) is 3.01. The molecular weight excluding hydrogens is 678 g/mol. The molecule has 1 aliphatic rings. The van der Waals surface area contributed by atoms with E-state index in [9.17, 15) is 23.1 Å². The van der Waals surface area contributed by atoms with Gasteiger partial charge in [-0.1, -0.05) is 79.2 Å². The van der Waals surface area contributed by atoms with Crippen molar-refractivity contribution in [1.82, 2.24) is 4.90 Å². The molecule has 0 bridgehead atoms. The summed E-state index contributed by atoms with van der Waals surface area (Å²) in [6.07, 6.45) is 0.589. The van der Waals surface area contributed by atoms with Crippen molar-refractivity contribution in [3.8, 4) is 16.9 Å². The van der Waals surface area contributed by atoms with E-state index in [0.29, 0.717) is 24.3 Å². The summed E-state index contributed by atoms with van der Waals surface area (Å²) in [6.45, 7) is 2.67. The summed E-state index contributed by atoms with van der Waals surface area (Å²) in [7, 11) is 0. The molecule has 0 unspecified atom stereocenters. The van der Waals surface area contributed by atoms with Gasteiger partial charge in [0.1, 0.15) is 18.4 Å².